The van der Waals surface area contributed by atoms with Gasteiger partial charge >= 0.3 is 6.18 Å². The third-order valence-electron chi connectivity index (χ3n) is 3.65. The van der Waals surface area contributed by atoms with Crippen molar-refractivity contribution in [3.8, 4) is 0 Å². The van der Waals surface area contributed by atoms with E-state index in [1.54, 1.807) is 6.07 Å². The number of rotatable bonds is 3. The number of nitro benzene ring substituents is 1. The molecule has 1 N–H and O–H groups in total. The molecule has 116 valence electrons. The van der Waals surface area contributed by atoms with Crippen molar-refractivity contribution in [1.82, 2.24) is 0 Å². The van der Waals surface area contributed by atoms with Gasteiger partial charge in [-0.25, -0.2) is 0 Å². The molecule has 0 aromatic heterocycles. The van der Waals surface area contributed by atoms with Crippen molar-refractivity contribution in [3.63, 3.8) is 0 Å². The quantitative estimate of drug-likeness (QED) is 0.611. The summed E-state index contributed by atoms with van der Waals surface area (Å²) in [5.41, 5.74) is 0.120. The maximum atomic E-state index is 12.8. The molecule has 4 nitrogen and oxygen atoms in total. The third-order valence-corrected chi connectivity index (χ3v) is 4.15. The van der Waals surface area contributed by atoms with Crippen LogP contribution in [0.15, 0.2) is 22.7 Å². The van der Waals surface area contributed by atoms with Gasteiger partial charge in [0.15, 0.2) is 0 Å². The van der Waals surface area contributed by atoms with Crippen molar-refractivity contribution in [2.24, 2.45) is 5.92 Å². The summed E-state index contributed by atoms with van der Waals surface area (Å²) in [4.78, 5) is 10.5. The van der Waals surface area contributed by atoms with E-state index in [2.05, 4.69) is 21.2 Å². The summed E-state index contributed by atoms with van der Waals surface area (Å²) in [6.07, 6.45) is -3.07. The lowest BCUT2D eigenvalue weighted by molar-refractivity contribution is -0.384. The van der Waals surface area contributed by atoms with Crippen molar-refractivity contribution < 1.29 is 18.1 Å². The van der Waals surface area contributed by atoms with Crippen LogP contribution < -0.4 is 5.32 Å². The molecule has 0 saturated heterocycles. The summed E-state index contributed by atoms with van der Waals surface area (Å²) in [7, 11) is 0. The Morgan fingerprint density at radius 2 is 2.05 bits per heavy atom. The van der Waals surface area contributed by atoms with Gasteiger partial charge in [0.05, 0.1) is 10.8 Å². The number of nitro groups is 1. The summed E-state index contributed by atoms with van der Waals surface area (Å²) >= 11 is 3.14. The summed E-state index contributed by atoms with van der Waals surface area (Å²) in [6.45, 7) is 0. The van der Waals surface area contributed by atoms with Crippen LogP contribution in [-0.2, 0) is 0 Å². The van der Waals surface area contributed by atoms with Gasteiger partial charge in [-0.15, -0.1) is 0 Å². The second-order valence-electron chi connectivity index (χ2n) is 5.16. The summed E-state index contributed by atoms with van der Waals surface area (Å²) in [5, 5.41) is 13.9. The number of hydrogen-bond acceptors (Lipinski definition) is 3. The Morgan fingerprint density at radius 1 is 1.33 bits per heavy atom. The van der Waals surface area contributed by atoms with E-state index in [-0.39, 0.29) is 24.2 Å². The smallest absolute Gasteiger partial charge is 0.377 e. The average molecular weight is 367 g/mol. The van der Waals surface area contributed by atoms with Crippen molar-refractivity contribution in [3.05, 3.63) is 32.8 Å². The Hall–Kier alpha value is -1.31. The molecular weight excluding hydrogens is 353 g/mol. The molecule has 8 heteroatoms. The Labute approximate surface area is 128 Å². The van der Waals surface area contributed by atoms with E-state index in [0.717, 1.165) is 0 Å². The lowest BCUT2D eigenvalue weighted by Crippen LogP contribution is -2.34. The van der Waals surface area contributed by atoms with Gasteiger partial charge in [-0.1, -0.05) is 22.4 Å². The molecule has 21 heavy (non-hydrogen) atoms. The van der Waals surface area contributed by atoms with Crippen molar-refractivity contribution in [2.75, 3.05) is 5.32 Å². The van der Waals surface area contributed by atoms with Crippen LogP contribution in [0.4, 0.5) is 24.5 Å². The Kier molecular flexibility index (Phi) is 4.75. The molecular formula is C13H14BrF3N2O2. The van der Waals surface area contributed by atoms with Crippen LogP contribution >= 0.6 is 15.9 Å². The third kappa shape index (κ3) is 4.09. The highest BCUT2D eigenvalue weighted by Gasteiger charge is 2.42. The van der Waals surface area contributed by atoms with Gasteiger partial charge in [0.25, 0.3) is 5.69 Å². The lowest BCUT2D eigenvalue weighted by Gasteiger charge is -2.31. The van der Waals surface area contributed by atoms with E-state index in [1.165, 1.54) is 12.1 Å². The second kappa shape index (κ2) is 6.21. The zero-order chi connectivity index (χ0) is 15.6. The maximum absolute atomic E-state index is 12.8. The first-order valence-corrected chi connectivity index (χ1v) is 7.34. The fraction of sp³-hybridized carbons (Fsp3) is 0.538. The molecule has 2 rings (SSSR count). The predicted molar refractivity (Wildman–Crippen MR) is 76.2 cm³/mol. The van der Waals surface area contributed by atoms with Crippen LogP contribution in [0.1, 0.15) is 25.7 Å². The minimum atomic E-state index is -4.20. The molecule has 1 aliphatic rings. The number of halogens is 4. The first kappa shape index (κ1) is 16.1. The normalized spacial score (nSPS) is 22.9. The number of nitrogens with one attached hydrogen (secondary N) is 1. The first-order chi connectivity index (χ1) is 9.77. The number of anilines is 1. The zero-order valence-electron chi connectivity index (χ0n) is 11.0. The van der Waals surface area contributed by atoms with E-state index in [4.69, 9.17) is 0 Å². The van der Waals surface area contributed by atoms with E-state index in [0.29, 0.717) is 17.3 Å². The van der Waals surface area contributed by atoms with Crippen LogP contribution in [0.5, 0.6) is 0 Å². The van der Waals surface area contributed by atoms with Gasteiger partial charge < -0.3 is 5.32 Å². The second-order valence-corrected chi connectivity index (χ2v) is 6.08. The van der Waals surface area contributed by atoms with Crippen LogP contribution in [0.2, 0.25) is 0 Å². The van der Waals surface area contributed by atoms with Gasteiger partial charge in [0.2, 0.25) is 0 Å². The van der Waals surface area contributed by atoms with Crippen molar-refractivity contribution in [2.45, 2.75) is 37.9 Å². The van der Waals surface area contributed by atoms with Gasteiger partial charge in [-0.2, -0.15) is 13.2 Å². The molecule has 0 aliphatic heterocycles. The molecule has 1 aromatic rings. The number of hydrogen-bond donors (Lipinski definition) is 1. The molecule has 1 aromatic carbocycles. The van der Waals surface area contributed by atoms with E-state index >= 15 is 0 Å². The standard InChI is InChI=1S/C13H14BrF3N2O2/c14-9-4-5-11(12(7-9)19(20)21)18-10-3-1-2-8(6-10)13(15,16)17/h4-5,7-8,10,18H,1-3,6H2. The number of nitrogens with zero attached hydrogens (tertiary/aromatic N) is 1. The van der Waals surface area contributed by atoms with E-state index < -0.39 is 23.1 Å². The maximum Gasteiger partial charge on any atom is 0.391 e. The molecule has 0 radical (unpaired) electrons. The highest BCUT2D eigenvalue weighted by Crippen LogP contribution is 2.39. The highest BCUT2D eigenvalue weighted by atomic mass is 79.9. The molecule has 0 bridgehead atoms. The molecule has 0 heterocycles. The SMILES string of the molecule is O=[N+]([O-])c1cc(Br)ccc1NC1CCCC(C(F)(F)F)C1. The number of alkyl halides is 3. The molecule has 1 fully saturated rings. The van der Waals surface area contributed by atoms with E-state index in [1.807, 2.05) is 0 Å². The van der Waals surface area contributed by atoms with Gasteiger partial charge in [0.1, 0.15) is 5.69 Å². The van der Waals surface area contributed by atoms with Crippen LogP contribution in [-0.4, -0.2) is 17.1 Å². The van der Waals surface area contributed by atoms with Crippen LogP contribution in [0, 0.1) is 16.0 Å². The molecule has 1 saturated carbocycles. The number of benzene rings is 1. The first-order valence-electron chi connectivity index (χ1n) is 6.54. The van der Waals surface area contributed by atoms with Gasteiger partial charge in [-0.3, -0.25) is 10.1 Å². The molecule has 0 amide bonds. The van der Waals surface area contributed by atoms with Gasteiger partial charge in [0, 0.05) is 16.6 Å². The molecule has 0 spiro atoms. The Bertz CT molecular complexity index is 537. The Morgan fingerprint density at radius 3 is 2.67 bits per heavy atom. The zero-order valence-corrected chi connectivity index (χ0v) is 12.6. The largest absolute Gasteiger partial charge is 0.391 e. The Balaban J connectivity index is 2.13. The average Bonchev–Trinajstić information content (AvgIpc) is 2.40. The molecule has 2 unspecified atom stereocenters. The van der Waals surface area contributed by atoms with Gasteiger partial charge in [-0.05, 0) is 31.4 Å². The minimum absolute atomic E-state index is 0.0449. The minimum Gasteiger partial charge on any atom is -0.377 e. The molecule has 1 aliphatic carbocycles. The van der Waals surface area contributed by atoms with Crippen LogP contribution in [0.3, 0.4) is 0 Å². The van der Waals surface area contributed by atoms with Crippen molar-refractivity contribution in [1.29, 1.82) is 0 Å². The fourth-order valence-electron chi connectivity index (χ4n) is 2.62. The fourth-order valence-corrected chi connectivity index (χ4v) is 2.97. The van der Waals surface area contributed by atoms with Crippen LogP contribution in [0.25, 0.3) is 0 Å². The predicted octanol–water partition coefficient (Wildman–Crippen LogP) is 4.89. The lowest BCUT2D eigenvalue weighted by atomic mass is 9.85. The highest BCUT2D eigenvalue weighted by molar-refractivity contribution is 9.10. The molecule has 2 atom stereocenters. The topological polar surface area (TPSA) is 55.2 Å². The van der Waals surface area contributed by atoms with E-state index in [9.17, 15) is 23.3 Å². The summed E-state index contributed by atoms with van der Waals surface area (Å²) < 4.78 is 38.9. The summed E-state index contributed by atoms with van der Waals surface area (Å²) in [5.74, 6) is -1.33. The summed E-state index contributed by atoms with van der Waals surface area (Å²) in [6, 6.07) is 4.08. The monoisotopic (exact) mass is 366 g/mol. The van der Waals surface area contributed by atoms with Crippen molar-refractivity contribution >= 4 is 27.3 Å².